The maximum absolute atomic E-state index is 12.8. The van der Waals surface area contributed by atoms with Gasteiger partial charge in [0.2, 0.25) is 0 Å². The molecule has 0 saturated heterocycles. The van der Waals surface area contributed by atoms with Crippen LogP contribution in [0, 0.1) is 5.92 Å². The maximum Gasteiger partial charge on any atom is 0.314 e. The first-order chi connectivity index (χ1) is 13.3. The van der Waals surface area contributed by atoms with Crippen molar-refractivity contribution in [3.05, 3.63) is 107 Å². The van der Waals surface area contributed by atoms with Crippen molar-refractivity contribution in [1.29, 1.82) is 0 Å². The van der Waals surface area contributed by atoms with Gasteiger partial charge in [0.1, 0.15) is 6.61 Å². The van der Waals surface area contributed by atoms with Gasteiger partial charge in [-0.1, -0.05) is 84.9 Å². The maximum atomic E-state index is 12.8. The predicted octanol–water partition coefficient (Wildman–Crippen LogP) is 5.51. The molecule has 1 atom stereocenters. The van der Waals surface area contributed by atoms with Crippen molar-refractivity contribution >= 4 is 5.97 Å². The molecule has 0 radical (unpaired) electrons. The van der Waals surface area contributed by atoms with Gasteiger partial charge < -0.3 is 4.74 Å². The Labute approximate surface area is 160 Å². The highest BCUT2D eigenvalue weighted by molar-refractivity contribution is 5.79. The van der Waals surface area contributed by atoms with Crippen LogP contribution in [0.1, 0.15) is 41.0 Å². The van der Waals surface area contributed by atoms with Crippen molar-refractivity contribution < 1.29 is 9.53 Å². The Morgan fingerprint density at radius 2 is 1.44 bits per heavy atom. The van der Waals surface area contributed by atoms with Crippen molar-refractivity contribution in [3.8, 4) is 0 Å². The topological polar surface area (TPSA) is 26.3 Å². The number of rotatable bonds is 7. The molecule has 2 nitrogen and oxygen atoms in total. The van der Waals surface area contributed by atoms with Crippen LogP contribution in [0.2, 0.25) is 0 Å². The molecule has 2 heteroatoms. The van der Waals surface area contributed by atoms with Crippen molar-refractivity contribution in [3.63, 3.8) is 0 Å². The van der Waals surface area contributed by atoms with E-state index in [4.69, 9.17) is 4.74 Å². The number of ether oxygens (including phenoxy) is 1. The lowest BCUT2D eigenvalue weighted by Gasteiger charge is -2.16. The number of hydrogen-bond donors (Lipinski definition) is 0. The molecule has 27 heavy (non-hydrogen) atoms. The number of hydrogen-bond acceptors (Lipinski definition) is 2. The molecule has 0 N–H and O–H groups in total. The lowest BCUT2D eigenvalue weighted by atomic mass is 9.94. The summed E-state index contributed by atoms with van der Waals surface area (Å²) in [6, 6.07) is 28.8. The summed E-state index contributed by atoms with van der Waals surface area (Å²) in [6.45, 7) is 0.331. The highest BCUT2D eigenvalue weighted by Crippen LogP contribution is 2.43. The molecule has 136 valence electrons. The van der Waals surface area contributed by atoms with Gasteiger partial charge in [-0.2, -0.15) is 0 Å². The molecular weight excluding hydrogens is 332 g/mol. The second-order valence-electron chi connectivity index (χ2n) is 7.32. The quantitative estimate of drug-likeness (QED) is 0.521. The standard InChI is InChI=1S/C25H24O2/c26-25(24(23-14-15-23)22-12-5-2-6-13-22)27-18-21-11-7-10-20(17-21)16-19-8-3-1-4-9-19/h1-13,17,23-24H,14-16,18H2. The van der Waals surface area contributed by atoms with Crippen LogP contribution in [0.5, 0.6) is 0 Å². The Balaban J connectivity index is 1.40. The summed E-state index contributed by atoms with van der Waals surface area (Å²) < 4.78 is 5.71. The van der Waals surface area contributed by atoms with Crippen LogP contribution in [0.25, 0.3) is 0 Å². The Hall–Kier alpha value is -2.87. The van der Waals surface area contributed by atoms with Gasteiger partial charge in [0.25, 0.3) is 0 Å². The second-order valence-corrected chi connectivity index (χ2v) is 7.32. The average molecular weight is 356 g/mol. The fourth-order valence-corrected chi connectivity index (χ4v) is 3.60. The molecule has 0 spiro atoms. The van der Waals surface area contributed by atoms with Crippen LogP contribution in [-0.4, -0.2) is 5.97 Å². The van der Waals surface area contributed by atoms with Gasteiger partial charge in [-0.25, -0.2) is 0 Å². The largest absolute Gasteiger partial charge is 0.460 e. The third kappa shape index (κ3) is 4.65. The third-order valence-electron chi connectivity index (χ3n) is 5.13. The molecule has 1 unspecified atom stereocenters. The Bertz CT molecular complexity index is 882. The van der Waals surface area contributed by atoms with Crippen LogP contribution in [0.15, 0.2) is 84.9 Å². The number of carbonyl (C=O) groups is 1. The first kappa shape index (κ1) is 17.5. The van der Waals surface area contributed by atoms with Gasteiger partial charge in [0, 0.05) is 0 Å². The summed E-state index contributed by atoms with van der Waals surface area (Å²) in [5, 5.41) is 0. The molecule has 1 aliphatic rings. The molecule has 1 saturated carbocycles. The fourth-order valence-electron chi connectivity index (χ4n) is 3.60. The molecule has 0 bridgehead atoms. The first-order valence-electron chi connectivity index (χ1n) is 9.63. The van der Waals surface area contributed by atoms with Gasteiger partial charge in [-0.3, -0.25) is 4.79 Å². The van der Waals surface area contributed by atoms with Gasteiger partial charge in [0.15, 0.2) is 0 Å². The Morgan fingerprint density at radius 1 is 0.815 bits per heavy atom. The zero-order valence-electron chi connectivity index (χ0n) is 15.4. The van der Waals surface area contributed by atoms with E-state index in [-0.39, 0.29) is 11.9 Å². The van der Waals surface area contributed by atoms with Gasteiger partial charge in [-0.05, 0) is 47.4 Å². The van der Waals surface area contributed by atoms with Crippen molar-refractivity contribution in [2.24, 2.45) is 5.92 Å². The van der Waals surface area contributed by atoms with Crippen LogP contribution in [0.4, 0.5) is 0 Å². The molecule has 1 aliphatic carbocycles. The monoisotopic (exact) mass is 356 g/mol. The summed E-state index contributed by atoms with van der Waals surface area (Å²) in [4.78, 5) is 12.8. The molecule has 0 aromatic heterocycles. The normalized spacial score (nSPS) is 14.5. The Kier molecular flexibility index (Phi) is 5.34. The summed E-state index contributed by atoms with van der Waals surface area (Å²) in [6.07, 6.45) is 3.11. The zero-order valence-corrected chi connectivity index (χ0v) is 15.4. The first-order valence-corrected chi connectivity index (χ1v) is 9.63. The van der Waals surface area contributed by atoms with Crippen LogP contribution >= 0.6 is 0 Å². The number of benzene rings is 3. The molecule has 0 heterocycles. The smallest absolute Gasteiger partial charge is 0.314 e. The molecular formula is C25H24O2. The van der Waals surface area contributed by atoms with E-state index in [1.807, 2.05) is 48.5 Å². The molecule has 3 aromatic carbocycles. The summed E-state index contributed by atoms with van der Waals surface area (Å²) in [7, 11) is 0. The van der Waals surface area contributed by atoms with Crippen LogP contribution < -0.4 is 0 Å². The minimum atomic E-state index is -0.126. The van der Waals surface area contributed by atoms with E-state index in [1.54, 1.807) is 0 Å². The van der Waals surface area contributed by atoms with Gasteiger partial charge >= 0.3 is 5.97 Å². The molecule has 4 rings (SSSR count). The molecule has 1 fully saturated rings. The summed E-state index contributed by atoms with van der Waals surface area (Å²) in [5.41, 5.74) is 4.63. The van der Waals surface area contributed by atoms with E-state index < -0.39 is 0 Å². The fraction of sp³-hybridized carbons (Fsp3) is 0.240. The van der Waals surface area contributed by atoms with Gasteiger partial charge in [-0.15, -0.1) is 0 Å². The zero-order chi connectivity index (χ0) is 18.5. The van der Waals surface area contributed by atoms with E-state index in [0.717, 1.165) is 30.4 Å². The van der Waals surface area contributed by atoms with E-state index in [9.17, 15) is 4.79 Å². The van der Waals surface area contributed by atoms with Crippen LogP contribution in [0.3, 0.4) is 0 Å². The SMILES string of the molecule is O=C(OCc1cccc(Cc2ccccc2)c1)C(c1ccccc1)C1CC1. The molecule has 0 amide bonds. The Morgan fingerprint density at radius 3 is 2.15 bits per heavy atom. The summed E-state index contributed by atoms with van der Waals surface area (Å²) >= 11 is 0. The second kappa shape index (κ2) is 8.22. The van der Waals surface area contributed by atoms with Gasteiger partial charge in [0.05, 0.1) is 5.92 Å². The molecule has 0 aliphatic heterocycles. The number of esters is 1. The number of carbonyl (C=O) groups excluding carboxylic acids is 1. The summed E-state index contributed by atoms with van der Waals surface area (Å²) in [5.74, 6) is 0.208. The highest BCUT2D eigenvalue weighted by Gasteiger charge is 2.38. The molecule has 3 aromatic rings. The average Bonchev–Trinajstić information content (AvgIpc) is 3.54. The minimum Gasteiger partial charge on any atom is -0.460 e. The van der Waals surface area contributed by atoms with E-state index in [1.165, 1.54) is 11.1 Å². The third-order valence-corrected chi connectivity index (χ3v) is 5.13. The van der Waals surface area contributed by atoms with E-state index >= 15 is 0 Å². The lowest BCUT2D eigenvalue weighted by molar-refractivity contribution is -0.147. The lowest BCUT2D eigenvalue weighted by Crippen LogP contribution is -2.17. The van der Waals surface area contributed by atoms with E-state index in [2.05, 4.69) is 36.4 Å². The van der Waals surface area contributed by atoms with Crippen LogP contribution in [-0.2, 0) is 22.6 Å². The van der Waals surface area contributed by atoms with Crippen molar-refractivity contribution in [2.45, 2.75) is 31.8 Å². The van der Waals surface area contributed by atoms with Crippen molar-refractivity contribution in [2.75, 3.05) is 0 Å². The van der Waals surface area contributed by atoms with E-state index in [0.29, 0.717) is 12.5 Å². The predicted molar refractivity (Wildman–Crippen MR) is 107 cm³/mol. The highest BCUT2D eigenvalue weighted by atomic mass is 16.5. The minimum absolute atomic E-state index is 0.0998. The van der Waals surface area contributed by atoms with Crippen molar-refractivity contribution in [1.82, 2.24) is 0 Å².